The van der Waals surface area contributed by atoms with Crippen molar-refractivity contribution in [2.24, 2.45) is 0 Å². The van der Waals surface area contributed by atoms with Crippen LogP contribution in [0.3, 0.4) is 0 Å². The van der Waals surface area contributed by atoms with Crippen LogP contribution in [0.5, 0.6) is 11.5 Å². The fourth-order valence-corrected chi connectivity index (χ4v) is 5.00. The summed E-state index contributed by atoms with van der Waals surface area (Å²) in [4.78, 5) is 39.3. The van der Waals surface area contributed by atoms with Gasteiger partial charge in [0, 0.05) is 14.5 Å². The Hall–Kier alpha value is -2.78. The topological polar surface area (TPSA) is 72.9 Å². The molecule has 0 radical (unpaired) electrons. The number of rotatable bonds is 6. The van der Waals surface area contributed by atoms with Gasteiger partial charge in [-0.1, -0.05) is 47.5 Å². The van der Waals surface area contributed by atoms with Crippen molar-refractivity contribution in [3.63, 3.8) is 0 Å². The number of thioether (sulfide) groups is 1. The number of hydrogen-bond donors (Lipinski definition) is 0. The van der Waals surface area contributed by atoms with Gasteiger partial charge >= 0.3 is 5.97 Å². The highest BCUT2D eigenvalue weighted by molar-refractivity contribution is 9.10. The van der Waals surface area contributed by atoms with Crippen molar-refractivity contribution in [1.82, 2.24) is 4.90 Å². The average molecular weight is 593 g/mol. The van der Waals surface area contributed by atoms with E-state index < -0.39 is 17.1 Å². The lowest BCUT2D eigenvalue weighted by Gasteiger charge is -2.13. The highest BCUT2D eigenvalue weighted by atomic mass is 79.9. The van der Waals surface area contributed by atoms with Gasteiger partial charge in [-0.2, -0.15) is 0 Å². The summed E-state index contributed by atoms with van der Waals surface area (Å²) in [5.74, 6) is -0.470. The summed E-state index contributed by atoms with van der Waals surface area (Å²) in [6.45, 7) is 0.0330. The predicted molar refractivity (Wildman–Crippen MR) is 140 cm³/mol. The predicted octanol–water partition coefficient (Wildman–Crippen LogP) is 7.22. The van der Waals surface area contributed by atoms with Gasteiger partial charge in [-0.3, -0.25) is 14.5 Å². The van der Waals surface area contributed by atoms with Gasteiger partial charge in [0.2, 0.25) is 0 Å². The first-order valence-electron chi connectivity index (χ1n) is 10.1. The number of esters is 1. The largest absolute Gasteiger partial charge is 0.493 e. The molecule has 0 N–H and O–H groups in total. The molecular weight excluding hydrogens is 577 g/mol. The third kappa shape index (κ3) is 5.73. The lowest BCUT2D eigenvalue weighted by atomic mass is 10.1. The normalized spacial score (nSPS) is 14.5. The Bertz CT molecular complexity index is 1380. The second kappa shape index (κ2) is 10.9. The molecule has 0 saturated carbocycles. The highest BCUT2D eigenvalue weighted by Gasteiger charge is 2.35. The molecule has 2 amide bonds. The quantitative estimate of drug-likeness (QED) is 0.171. The number of ether oxygens (including phenoxy) is 2. The van der Waals surface area contributed by atoms with E-state index in [0.717, 1.165) is 16.7 Å². The van der Waals surface area contributed by atoms with Crippen molar-refractivity contribution in [3.8, 4) is 11.5 Å². The van der Waals surface area contributed by atoms with Crippen LogP contribution in [0, 0.1) is 0 Å². The smallest absolute Gasteiger partial charge is 0.344 e. The monoisotopic (exact) mass is 591 g/mol. The van der Waals surface area contributed by atoms with Crippen molar-refractivity contribution >= 4 is 74.1 Å². The average Bonchev–Trinajstić information content (AvgIpc) is 3.09. The van der Waals surface area contributed by atoms with Crippen LogP contribution >= 0.6 is 50.9 Å². The summed E-state index contributed by atoms with van der Waals surface area (Å²) in [5, 5.41) is 0.434. The Morgan fingerprint density at radius 2 is 1.83 bits per heavy atom. The number of nitrogens with zero attached hydrogens (tertiary/aromatic N) is 1. The summed E-state index contributed by atoms with van der Waals surface area (Å²) in [7, 11) is 1.44. The highest BCUT2D eigenvalue weighted by Crippen LogP contribution is 2.36. The number of imide groups is 1. The summed E-state index contributed by atoms with van der Waals surface area (Å²) >= 11 is 16.3. The first-order chi connectivity index (χ1) is 16.8. The van der Waals surface area contributed by atoms with Crippen LogP contribution in [0.1, 0.15) is 21.5 Å². The molecule has 1 saturated heterocycles. The molecule has 1 heterocycles. The van der Waals surface area contributed by atoms with Crippen molar-refractivity contribution in [2.45, 2.75) is 6.54 Å². The van der Waals surface area contributed by atoms with Gasteiger partial charge in [0.15, 0.2) is 11.5 Å². The summed E-state index contributed by atoms with van der Waals surface area (Å²) in [5.41, 5.74) is 1.57. The zero-order chi connectivity index (χ0) is 25.1. The maximum Gasteiger partial charge on any atom is 0.344 e. The van der Waals surface area contributed by atoms with Crippen LogP contribution in [0.4, 0.5) is 4.79 Å². The molecule has 178 valence electrons. The number of halogens is 3. The minimum absolute atomic E-state index is 0.0330. The molecule has 1 fully saturated rings. The molecule has 0 atom stereocenters. The van der Waals surface area contributed by atoms with Crippen LogP contribution < -0.4 is 9.47 Å². The van der Waals surface area contributed by atoms with Crippen LogP contribution in [-0.2, 0) is 11.3 Å². The number of amides is 2. The third-order valence-corrected chi connectivity index (χ3v) is 7.18. The van der Waals surface area contributed by atoms with E-state index in [1.165, 1.54) is 7.11 Å². The fraction of sp³-hybridized carbons (Fsp3) is 0.0800. The summed E-state index contributed by atoms with van der Waals surface area (Å²) in [6, 6.07) is 16.6. The van der Waals surface area contributed by atoms with Crippen LogP contribution in [0.25, 0.3) is 6.08 Å². The first kappa shape index (κ1) is 25.3. The number of carbonyl (C=O) groups excluding carboxylic acids is 3. The Kier molecular flexibility index (Phi) is 7.86. The molecule has 1 aliphatic heterocycles. The minimum atomic E-state index is -0.550. The molecule has 0 aromatic heterocycles. The molecular formula is C25H16BrCl2NO5S. The minimum Gasteiger partial charge on any atom is -0.493 e. The van der Waals surface area contributed by atoms with E-state index in [1.54, 1.807) is 66.7 Å². The number of methoxy groups -OCH3 is 1. The standard InChI is InChI=1S/C25H16BrCl2NO5S/c1-33-21-10-14(6-9-20(21)34-24(31)17-4-2-3-5-18(17)26)11-22-23(30)29(25(32)35-22)13-15-7-8-16(27)12-19(15)28/h2-12H,13H2,1H3/b22-11-. The summed E-state index contributed by atoms with van der Waals surface area (Å²) < 4.78 is 11.5. The molecule has 0 aliphatic carbocycles. The van der Waals surface area contributed by atoms with Gasteiger partial charge < -0.3 is 9.47 Å². The van der Waals surface area contributed by atoms with Crippen molar-refractivity contribution < 1.29 is 23.9 Å². The van der Waals surface area contributed by atoms with E-state index in [4.69, 9.17) is 32.7 Å². The van der Waals surface area contributed by atoms with E-state index in [1.807, 2.05) is 0 Å². The van der Waals surface area contributed by atoms with Crippen LogP contribution in [0.15, 0.2) is 70.0 Å². The van der Waals surface area contributed by atoms with Crippen molar-refractivity contribution in [1.29, 1.82) is 0 Å². The molecule has 35 heavy (non-hydrogen) atoms. The molecule has 4 rings (SSSR count). The van der Waals surface area contributed by atoms with Gasteiger partial charge in [-0.05, 0) is 81.3 Å². The summed E-state index contributed by atoms with van der Waals surface area (Å²) in [6.07, 6.45) is 1.58. The third-order valence-electron chi connectivity index (χ3n) is 5.00. The maximum absolute atomic E-state index is 12.9. The Labute approximate surface area is 223 Å². The molecule has 0 spiro atoms. The molecule has 0 bridgehead atoms. The van der Waals surface area contributed by atoms with E-state index in [9.17, 15) is 14.4 Å². The lowest BCUT2D eigenvalue weighted by Crippen LogP contribution is -2.27. The molecule has 6 nitrogen and oxygen atoms in total. The maximum atomic E-state index is 12.9. The van der Waals surface area contributed by atoms with E-state index in [-0.39, 0.29) is 17.2 Å². The Balaban J connectivity index is 1.53. The second-order valence-electron chi connectivity index (χ2n) is 7.28. The van der Waals surface area contributed by atoms with Crippen molar-refractivity contribution in [3.05, 3.63) is 96.8 Å². The van der Waals surface area contributed by atoms with Gasteiger partial charge in [-0.15, -0.1) is 0 Å². The number of hydrogen-bond acceptors (Lipinski definition) is 6. The van der Waals surface area contributed by atoms with Crippen LogP contribution in [-0.4, -0.2) is 29.1 Å². The van der Waals surface area contributed by atoms with E-state index in [2.05, 4.69) is 15.9 Å². The van der Waals surface area contributed by atoms with Crippen LogP contribution in [0.2, 0.25) is 10.0 Å². The van der Waals surface area contributed by atoms with Gasteiger partial charge in [0.1, 0.15) is 0 Å². The molecule has 0 unspecified atom stereocenters. The molecule has 3 aromatic rings. The molecule has 10 heteroatoms. The Morgan fingerprint density at radius 3 is 2.54 bits per heavy atom. The number of carbonyl (C=O) groups is 3. The molecule has 1 aliphatic rings. The van der Waals surface area contributed by atoms with E-state index >= 15 is 0 Å². The zero-order valence-corrected chi connectivity index (χ0v) is 22.0. The fourth-order valence-electron chi connectivity index (χ4n) is 3.25. The first-order valence-corrected chi connectivity index (χ1v) is 12.5. The van der Waals surface area contributed by atoms with E-state index in [0.29, 0.717) is 37.0 Å². The Morgan fingerprint density at radius 1 is 1.06 bits per heavy atom. The van der Waals surface area contributed by atoms with Gasteiger partial charge in [0.25, 0.3) is 11.1 Å². The van der Waals surface area contributed by atoms with Crippen molar-refractivity contribution in [2.75, 3.05) is 7.11 Å². The SMILES string of the molecule is COc1cc(/C=C2\SC(=O)N(Cc3ccc(Cl)cc3Cl)C2=O)ccc1OC(=O)c1ccccc1Br. The van der Waals surface area contributed by atoms with Gasteiger partial charge in [-0.25, -0.2) is 4.79 Å². The number of benzene rings is 3. The zero-order valence-electron chi connectivity index (χ0n) is 18.1. The van der Waals surface area contributed by atoms with Gasteiger partial charge in [0.05, 0.1) is 24.1 Å². The second-order valence-corrected chi connectivity index (χ2v) is 9.97. The molecule has 3 aromatic carbocycles. The lowest BCUT2D eigenvalue weighted by molar-refractivity contribution is -0.123.